The average molecular weight is 267 g/mol. The highest BCUT2D eigenvalue weighted by atomic mass is 15.2. The summed E-state index contributed by atoms with van der Waals surface area (Å²) < 4.78 is 0. The molecule has 0 aromatic carbocycles. The lowest BCUT2D eigenvalue weighted by Crippen LogP contribution is -2.48. The van der Waals surface area contributed by atoms with E-state index in [4.69, 9.17) is 0 Å². The molecule has 0 amide bonds. The molecule has 2 atom stereocenters. The number of hydrogen-bond donors (Lipinski definition) is 1. The summed E-state index contributed by atoms with van der Waals surface area (Å²) in [5.41, 5.74) is 0.540. The van der Waals surface area contributed by atoms with Gasteiger partial charge in [-0.3, -0.25) is 0 Å². The summed E-state index contributed by atoms with van der Waals surface area (Å²) >= 11 is 0. The summed E-state index contributed by atoms with van der Waals surface area (Å²) in [7, 11) is 2.26. The minimum atomic E-state index is 0.540. The van der Waals surface area contributed by atoms with Gasteiger partial charge in [-0.15, -0.1) is 0 Å². The molecule has 1 N–H and O–H groups in total. The fourth-order valence-electron chi connectivity index (χ4n) is 3.65. The Bertz CT molecular complexity index is 259. The van der Waals surface area contributed by atoms with Crippen LogP contribution in [0.4, 0.5) is 0 Å². The summed E-state index contributed by atoms with van der Waals surface area (Å²) in [6.07, 6.45) is 2.72. The molecular formula is C16H33N3. The predicted molar refractivity (Wildman–Crippen MR) is 82.5 cm³/mol. The van der Waals surface area contributed by atoms with E-state index in [0.717, 1.165) is 11.8 Å². The van der Waals surface area contributed by atoms with Crippen molar-refractivity contribution in [3.05, 3.63) is 0 Å². The second-order valence-corrected chi connectivity index (χ2v) is 7.68. The van der Waals surface area contributed by atoms with E-state index in [1.165, 1.54) is 58.7 Å². The number of likely N-dealkylation sites (tertiary alicyclic amines) is 1. The van der Waals surface area contributed by atoms with Crippen LogP contribution in [0.2, 0.25) is 0 Å². The Labute approximate surface area is 119 Å². The van der Waals surface area contributed by atoms with Crippen molar-refractivity contribution in [2.75, 3.05) is 52.9 Å². The quantitative estimate of drug-likeness (QED) is 0.824. The molecule has 0 spiro atoms. The molecule has 2 aliphatic rings. The Morgan fingerprint density at radius 2 is 1.58 bits per heavy atom. The van der Waals surface area contributed by atoms with Crippen LogP contribution in [0.25, 0.3) is 0 Å². The molecule has 0 aromatic heterocycles. The molecule has 0 aromatic rings. The van der Waals surface area contributed by atoms with Crippen molar-refractivity contribution in [3.63, 3.8) is 0 Å². The average Bonchev–Trinajstić information content (AvgIpc) is 2.31. The van der Waals surface area contributed by atoms with E-state index in [9.17, 15) is 0 Å². The predicted octanol–water partition coefficient (Wildman–Crippen LogP) is 1.90. The molecule has 0 aliphatic carbocycles. The SMILES string of the molecule is CC1CNCC(C)CN(CC2(C)CCN(C)CC2)C1. The van der Waals surface area contributed by atoms with E-state index in [1.807, 2.05) is 0 Å². The van der Waals surface area contributed by atoms with Gasteiger partial charge in [-0.1, -0.05) is 20.8 Å². The van der Waals surface area contributed by atoms with Gasteiger partial charge < -0.3 is 15.1 Å². The first-order valence-corrected chi connectivity index (χ1v) is 8.08. The van der Waals surface area contributed by atoms with Crippen molar-refractivity contribution < 1.29 is 0 Å². The van der Waals surface area contributed by atoms with Gasteiger partial charge in [-0.05, 0) is 63.3 Å². The molecule has 2 saturated heterocycles. The molecule has 0 bridgehead atoms. The molecular weight excluding hydrogens is 234 g/mol. The van der Waals surface area contributed by atoms with Crippen molar-refractivity contribution in [1.82, 2.24) is 15.1 Å². The second-order valence-electron chi connectivity index (χ2n) is 7.68. The monoisotopic (exact) mass is 267 g/mol. The summed E-state index contributed by atoms with van der Waals surface area (Å²) in [5, 5.41) is 3.59. The Balaban J connectivity index is 1.91. The van der Waals surface area contributed by atoms with E-state index >= 15 is 0 Å². The Kier molecular flexibility index (Phi) is 5.27. The standard InChI is InChI=1S/C16H33N3/c1-14-9-17-10-15(2)12-19(11-14)13-16(3)5-7-18(4)8-6-16/h14-15,17H,5-13H2,1-4H3. The highest BCUT2D eigenvalue weighted by molar-refractivity contribution is 4.86. The highest BCUT2D eigenvalue weighted by Gasteiger charge is 2.31. The molecule has 3 heteroatoms. The van der Waals surface area contributed by atoms with Crippen LogP contribution in [0.5, 0.6) is 0 Å². The first-order valence-electron chi connectivity index (χ1n) is 8.08. The van der Waals surface area contributed by atoms with Gasteiger partial charge in [0.25, 0.3) is 0 Å². The van der Waals surface area contributed by atoms with Crippen LogP contribution in [0.3, 0.4) is 0 Å². The number of nitrogens with one attached hydrogen (secondary N) is 1. The zero-order valence-electron chi connectivity index (χ0n) is 13.4. The number of piperidine rings is 1. The van der Waals surface area contributed by atoms with E-state index in [-0.39, 0.29) is 0 Å². The molecule has 2 heterocycles. The fourth-order valence-corrected chi connectivity index (χ4v) is 3.65. The zero-order chi connectivity index (χ0) is 13.9. The minimum Gasteiger partial charge on any atom is -0.316 e. The van der Waals surface area contributed by atoms with Gasteiger partial charge in [0.15, 0.2) is 0 Å². The zero-order valence-corrected chi connectivity index (χ0v) is 13.4. The summed E-state index contributed by atoms with van der Waals surface area (Å²) in [6, 6.07) is 0. The van der Waals surface area contributed by atoms with Crippen LogP contribution >= 0.6 is 0 Å². The van der Waals surface area contributed by atoms with E-state index in [1.54, 1.807) is 0 Å². The fraction of sp³-hybridized carbons (Fsp3) is 1.00. The van der Waals surface area contributed by atoms with Crippen molar-refractivity contribution in [2.45, 2.75) is 33.6 Å². The summed E-state index contributed by atoms with van der Waals surface area (Å²) in [5.74, 6) is 1.56. The third-order valence-electron chi connectivity index (χ3n) is 4.92. The smallest absolute Gasteiger partial charge is 0.00365 e. The van der Waals surface area contributed by atoms with Crippen molar-refractivity contribution >= 4 is 0 Å². The third-order valence-corrected chi connectivity index (χ3v) is 4.92. The van der Waals surface area contributed by atoms with E-state index in [0.29, 0.717) is 5.41 Å². The van der Waals surface area contributed by atoms with Crippen molar-refractivity contribution in [2.24, 2.45) is 17.3 Å². The summed E-state index contributed by atoms with van der Waals surface area (Å²) in [6.45, 7) is 16.0. The number of hydrogen-bond acceptors (Lipinski definition) is 3. The van der Waals surface area contributed by atoms with Gasteiger partial charge in [0.2, 0.25) is 0 Å². The maximum absolute atomic E-state index is 3.59. The van der Waals surface area contributed by atoms with Gasteiger partial charge in [-0.2, -0.15) is 0 Å². The van der Waals surface area contributed by atoms with Crippen LogP contribution in [-0.2, 0) is 0 Å². The lowest BCUT2D eigenvalue weighted by Gasteiger charge is -2.43. The van der Waals surface area contributed by atoms with Crippen molar-refractivity contribution in [3.8, 4) is 0 Å². The van der Waals surface area contributed by atoms with Gasteiger partial charge in [-0.25, -0.2) is 0 Å². The molecule has 112 valence electrons. The lowest BCUT2D eigenvalue weighted by atomic mass is 9.79. The highest BCUT2D eigenvalue weighted by Crippen LogP contribution is 2.31. The number of nitrogens with zero attached hydrogens (tertiary/aromatic N) is 2. The van der Waals surface area contributed by atoms with Gasteiger partial charge >= 0.3 is 0 Å². The number of rotatable bonds is 2. The van der Waals surface area contributed by atoms with Crippen LogP contribution in [0, 0.1) is 17.3 Å². The van der Waals surface area contributed by atoms with E-state index in [2.05, 4.69) is 42.9 Å². The summed E-state index contributed by atoms with van der Waals surface area (Å²) in [4.78, 5) is 5.23. The van der Waals surface area contributed by atoms with Crippen LogP contribution < -0.4 is 5.32 Å². The van der Waals surface area contributed by atoms with Crippen LogP contribution in [0.15, 0.2) is 0 Å². The second kappa shape index (κ2) is 6.55. The molecule has 0 radical (unpaired) electrons. The molecule has 2 rings (SSSR count). The first kappa shape index (κ1) is 15.3. The Morgan fingerprint density at radius 1 is 1.05 bits per heavy atom. The van der Waals surface area contributed by atoms with Gasteiger partial charge in [0.1, 0.15) is 0 Å². The molecule has 2 fully saturated rings. The van der Waals surface area contributed by atoms with Crippen molar-refractivity contribution in [1.29, 1.82) is 0 Å². The van der Waals surface area contributed by atoms with E-state index < -0.39 is 0 Å². The molecule has 2 unspecified atom stereocenters. The topological polar surface area (TPSA) is 18.5 Å². The molecule has 3 nitrogen and oxygen atoms in total. The first-order chi connectivity index (χ1) is 8.97. The van der Waals surface area contributed by atoms with Gasteiger partial charge in [0, 0.05) is 19.6 Å². The minimum absolute atomic E-state index is 0.540. The molecule has 0 saturated carbocycles. The Hall–Kier alpha value is -0.120. The maximum Gasteiger partial charge on any atom is 0.00365 e. The molecule has 19 heavy (non-hydrogen) atoms. The maximum atomic E-state index is 3.59. The van der Waals surface area contributed by atoms with Gasteiger partial charge in [0.05, 0.1) is 0 Å². The lowest BCUT2D eigenvalue weighted by molar-refractivity contribution is 0.0682. The van der Waals surface area contributed by atoms with Crippen LogP contribution in [-0.4, -0.2) is 62.7 Å². The Morgan fingerprint density at radius 3 is 2.11 bits per heavy atom. The third kappa shape index (κ3) is 4.73. The molecule has 2 aliphatic heterocycles. The largest absolute Gasteiger partial charge is 0.316 e. The normalized spacial score (nSPS) is 34.7. The van der Waals surface area contributed by atoms with Crippen LogP contribution in [0.1, 0.15) is 33.6 Å².